The minimum absolute atomic E-state index is 0.136. The quantitative estimate of drug-likeness (QED) is 0.833. The lowest BCUT2D eigenvalue weighted by atomic mass is 10.3. The lowest BCUT2D eigenvalue weighted by molar-refractivity contribution is -0.143. The van der Waals surface area contributed by atoms with Gasteiger partial charge in [-0.15, -0.1) is 11.3 Å². The first-order chi connectivity index (χ1) is 8.40. The van der Waals surface area contributed by atoms with Crippen LogP contribution in [-0.4, -0.2) is 34.5 Å². The van der Waals surface area contributed by atoms with Crippen molar-refractivity contribution in [3.8, 4) is 0 Å². The van der Waals surface area contributed by atoms with Crippen LogP contribution in [0, 0.1) is 6.92 Å². The summed E-state index contributed by atoms with van der Waals surface area (Å²) in [6, 6.07) is 3.77. The van der Waals surface area contributed by atoms with E-state index in [4.69, 9.17) is 5.11 Å². The van der Waals surface area contributed by atoms with Gasteiger partial charge < -0.3 is 10.0 Å². The molecular weight excluding hydrogens is 250 g/mol. The monoisotopic (exact) mass is 267 g/mol. The van der Waals surface area contributed by atoms with E-state index in [1.807, 2.05) is 19.1 Å². The number of carbonyl (C=O) groups excluding carboxylic acids is 1. The number of nitrogens with zero attached hydrogens (tertiary/aromatic N) is 1. The van der Waals surface area contributed by atoms with Crippen molar-refractivity contribution < 1.29 is 14.7 Å². The summed E-state index contributed by atoms with van der Waals surface area (Å²) in [5.74, 6) is -1.28. The fraction of sp³-hybridized carbons (Fsp3) is 0.385. The van der Waals surface area contributed by atoms with Gasteiger partial charge in [0.15, 0.2) is 0 Å². The highest BCUT2D eigenvalue weighted by atomic mass is 32.1. The molecule has 0 atom stereocenters. The molecule has 1 amide bonds. The number of aliphatic carboxylic acids is 1. The van der Waals surface area contributed by atoms with E-state index in [2.05, 4.69) is 0 Å². The standard InChI is InChI=1S/C13H17NO3S/c1-9(2)14(8-13(16)17)12(15)7-6-11-5-4-10(3)18-11/h4-7,9H,8H2,1-3H3,(H,16,17)/b7-6+. The Kier molecular flexibility index (Phi) is 5.09. The third kappa shape index (κ3) is 4.33. The fourth-order valence-electron chi connectivity index (χ4n) is 1.45. The second-order valence-corrected chi connectivity index (χ2v) is 5.55. The van der Waals surface area contributed by atoms with Gasteiger partial charge in [0.1, 0.15) is 6.54 Å². The Labute approximate surface area is 111 Å². The molecule has 0 aliphatic heterocycles. The molecule has 1 N–H and O–H groups in total. The summed E-state index contributed by atoms with van der Waals surface area (Å²) in [7, 11) is 0. The predicted molar refractivity (Wildman–Crippen MR) is 72.6 cm³/mol. The Morgan fingerprint density at radius 2 is 2.11 bits per heavy atom. The van der Waals surface area contributed by atoms with Crippen LogP contribution in [0.25, 0.3) is 6.08 Å². The molecule has 0 fully saturated rings. The third-order valence-corrected chi connectivity index (χ3v) is 3.33. The molecule has 5 heteroatoms. The van der Waals surface area contributed by atoms with Gasteiger partial charge in [-0.25, -0.2) is 0 Å². The van der Waals surface area contributed by atoms with Gasteiger partial charge >= 0.3 is 5.97 Å². The van der Waals surface area contributed by atoms with Crippen molar-refractivity contribution in [2.45, 2.75) is 26.8 Å². The molecule has 4 nitrogen and oxygen atoms in total. The maximum absolute atomic E-state index is 11.9. The van der Waals surface area contributed by atoms with E-state index in [9.17, 15) is 9.59 Å². The molecule has 0 unspecified atom stereocenters. The van der Waals surface area contributed by atoms with E-state index in [1.165, 1.54) is 15.9 Å². The van der Waals surface area contributed by atoms with E-state index in [0.717, 1.165) is 4.88 Å². The van der Waals surface area contributed by atoms with Crippen molar-refractivity contribution in [1.82, 2.24) is 4.90 Å². The summed E-state index contributed by atoms with van der Waals surface area (Å²) in [5, 5.41) is 8.75. The van der Waals surface area contributed by atoms with Crippen LogP contribution in [0.5, 0.6) is 0 Å². The number of thiophene rings is 1. The Morgan fingerprint density at radius 3 is 2.56 bits per heavy atom. The molecule has 0 aliphatic carbocycles. The highest BCUT2D eigenvalue weighted by Crippen LogP contribution is 2.16. The van der Waals surface area contributed by atoms with E-state index in [1.54, 1.807) is 31.3 Å². The van der Waals surface area contributed by atoms with Gasteiger partial charge in [-0.2, -0.15) is 0 Å². The molecule has 18 heavy (non-hydrogen) atoms. The van der Waals surface area contributed by atoms with Crippen LogP contribution in [0.2, 0.25) is 0 Å². The van der Waals surface area contributed by atoms with Crippen molar-refractivity contribution in [2.75, 3.05) is 6.54 Å². The summed E-state index contributed by atoms with van der Waals surface area (Å²) in [6.07, 6.45) is 3.14. The molecule has 0 radical (unpaired) electrons. The van der Waals surface area contributed by atoms with Gasteiger partial charge in [0.05, 0.1) is 0 Å². The molecule has 0 saturated carbocycles. The largest absolute Gasteiger partial charge is 0.480 e. The number of carboxylic acid groups (broad SMARTS) is 1. The molecule has 1 aromatic heterocycles. The smallest absolute Gasteiger partial charge is 0.323 e. The molecule has 98 valence electrons. The average molecular weight is 267 g/mol. The number of aryl methyl sites for hydroxylation is 1. The normalized spacial score (nSPS) is 11.1. The van der Waals surface area contributed by atoms with E-state index in [0.29, 0.717) is 0 Å². The zero-order valence-corrected chi connectivity index (χ0v) is 11.5. The van der Waals surface area contributed by atoms with E-state index in [-0.39, 0.29) is 18.5 Å². The molecule has 0 bridgehead atoms. The first-order valence-electron chi connectivity index (χ1n) is 5.67. The fourth-order valence-corrected chi connectivity index (χ4v) is 2.23. The number of carbonyl (C=O) groups is 2. The summed E-state index contributed by atoms with van der Waals surface area (Å²) in [6.45, 7) is 5.31. The average Bonchev–Trinajstić information content (AvgIpc) is 2.68. The summed E-state index contributed by atoms with van der Waals surface area (Å²) < 4.78 is 0. The molecular formula is C13H17NO3S. The van der Waals surface area contributed by atoms with Gasteiger partial charge in [0, 0.05) is 21.9 Å². The van der Waals surface area contributed by atoms with Crippen LogP contribution in [0.1, 0.15) is 23.6 Å². The maximum atomic E-state index is 11.9. The van der Waals surface area contributed by atoms with Crippen LogP contribution in [0.15, 0.2) is 18.2 Å². The van der Waals surface area contributed by atoms with Gasteiger partial charge in [-0.1, -0.05) is 0 Å². The van der Waals surface area contributed by atoms with Crippen LogP contribution in [-0.2, 0) is 9.59 Å². The number of hydrogen-bond acceptors (Lipinski definition) is 3. The Balaban J connectivity index is 2.72. The number of rotatable bonds is 5. The second-order valence-electron chi connectivity index (χ2n) is 4.24. The number of amides is 1. The van der Waals surface area contributed by atoms with Crippen molar-refractivity contribution in [3.05, 3.63) is 28.0 Å². The number of hydrogen-bond donors (Lipinski definition) is 1. The molecule has 1 aromatic rings. The molecule has 0 aromatic carbocycles. The van der Waals surface area contributed by atoms with Crippen molar-refractivity contribution >= 4 is 29.3 Å². The van der Waals surface area contributed by atoms with Crippen LogP contribution in [0.3, 0.4) is 0 Å². The lowest BCUT2D eigenvalue weighted by Crippen LogP contribution is -2.39. The van der Waals surface area contributed by atoms with E-state index >= 15 is 0 Å². The predicted octanol–water partition coefficient (Wildman–Crippen LogP) is 2.39. The van der Waals surface area contributed by atoms with Crippen LogP contribution < -0.4 is 0 Å². The van der Waals surface area contributed by atoms with Crippen molar-refractivity contribution in [1.29, 1.82) is 0 Å². The van der Waals surface area contributed by atoms with Gasteiger partial charge in [0.25, 0.3) is 0 Å². The Bertz CT molecular complexity index is 463. The maximum Gasteiger partial charge on any atom is 0.323 e. The lowest BCUT2D eigenvalue weighted by Gasteiger charge is -2.23. The highest BCUT2D eigenvalue weighted by Gasteiger charge is 2.17. The van der Waals surface area contributed by atoms with Gasteiger partial charge in [-0.05, 0) is 39.0 Å². The summed E-state index contributed by atoms with van der Waals surface area (Å²) >= 11 is 1.59. The minimum atomic E-state index is -1.00. The molecule has 0 spiro atoms. The first-order valence-corrected chi connectivity index (χ1v) is 6.48. The van der Waals surface area contributed by atoms with E-state index < -0.39 is 5.97 Å². The van der Waals surface area contributed by atoms with Gasteiger partial charge in [0.2, 0.25) is 5.91 Å². The topological polar surface area (TPSA) is 57.6 Å². The van der Waals surface area contributed by atoms with Crippen molar-refractivity contribution in [3.63, 3.8) is 0 Å². The third-order valence-electron chi connectivity index (χ3n) is 2.36. The molecule has 0 saturated heterocycles. The highest BCUT2D eigenvalue weighted by molar-refractivity contribution is 7.12. The SMILES string of the molecule is Cc1ccc(/C=C/C(=O)N(CC(=O)O)C(C)C)s1. The zero-order chi connectivity index (χ0) is 13.7. The zero-order valence-electron chi connectivity index (χ0n) is 10.7. The van der Waals surface area contributed by atoms with Crippen molar-refractivity contribution in [2.24, 2.45) is 0 Å². The van der Waals surface area contributed by atoms with Gasteiger partial charge in [-0.3, -0.25) is 9.59 Å². The summed E-state index contributed by atoms with van der Waals surface area (Å²) in [4.78, 5) is 26.0. The minimum Gasteiger partial charge on any atom is -0.480 e. The van der Waals surface area contributed by atoms with Crippen LogP contribution in [0.4, 0.5) is 0 Å². The second kappa shape index (κ2) is 6.35. The molecule has 0 aliphatic rings. The Hall–Kier alpha value is -1.62. The Morgan fingerprint density at radius 1 is 1.44 bits per heavy atom. The number of carboxylic acids is 1. The molecule has 1 rings (SSSR count). The molecule has 1 heterocycles. The summed E-state index contributed by atoms with van der Waals surface area (Å²) in [5.41, 5.74) is 0. The first kappa shape index (κ1) is 14.4. The van der Waals surface area contributed by atoms with Crippen LogP contribution >= 0.6 is 11.3 Å².